The minimum absolute atomic E-state index is 0.0456. The van der Waals surface area contributed by atoms with E-state index in [-0.39, 0.29) is 61.0 Å². The first kappa shape index (κ1) is 59.7. The van der Waals surface area contributed by atoms with Gasteiger partial charge in [0, 0.05) is 78.9 Å². The minimum atomic E-state index is -2.77. The van der Waals surface area contributed by atoms with Crippen LogP contribution in [0.4, 0.5) is 0 Å². The summed E-state index contributed by atoms with van der Waals surface area (Å²) in [4.78, 5) is 58.5. The molecule has 1 amide bonds. The van der Waals surface area contributed by atoms with Gasteiger partial charge in [-0.2, -0.15) is 0 Å². The largest absolute Gasteiger partial charge is 0.460 e. The van der Waals surface area contributed by atoms with E-state index < -0.39 is 85.3 Å². The van der Waals surface area contributed by atoms with Crippen LogP contribution in [0.2, 0.25) is 0 Å². The second-order valence-electron chi connectivity index (χ2n) is 21.3. The fraction of sp³-hybridized carbons (Fsp3) is 0.778. The fourth-order valence-electron chi connectivity index (χ4n) is 11.0. The first-order chi connectivity index (χ1) is 33.0. The maximum Gasteiger partial charge on any atom is 0.329 e. The van der Waals surface area contributed by atoms with Crippen molar-refractivity contribution in [3.8, 4) is 0 Å². The Kier molecular flexibility index (Phi) is 23.4. The van der Waals surface area contributed by atoms with Crippen molar-refractivity contribution in [2.75, 3.05) is 48.3 Å². The summed E-state index contributed by atoms with van der Waals surface area (Å²) in [6.45, 7) is 16.5. The van der Waals surface area contributed by atoms with E-state index in [0.717, 1.165) is 12.0 Å². The van der Waals surface area contributed by atoms with Crippen LogP contribution in [-0.2, 0) is 56.7 Å². The average Bonchev–Trinajstić information content (AvgIpc) is 3.31. The smallest absolute Gasteiger partial charge is 0.329 e. The highest BCUT2D eigenvalue weighted by atomic mass is 31.2. The summed E-state index contributed by atoms with van der Waals surface area (Å²) in [5, 5.41) is 24.0. The Morgan fingerprint density at radius 1 is 0.814 bits per heavy atom. The molecule has 0 aromatic heterocycles. The van der Waals surface area contributed by atoms with Crippen LogP contribution in [-0.4, -0.2) is 148 Å². The van der Waals surface area contributed by atoms with Crippen LogP contribution < -0.4 is 0 Å². The summed E-state index contributed by atoms with van der Waals surface area (Å²) in [7, 11) is 3.46. The number of aliphatic hydroxyl groups excluding tert-OH is 1. The first-order valence-corrected chi connectivity index (χ1v) is 28.2. The zero-order valence-electron chi connectivity index (χ0n) is 44.5. The van der Waals surface area contributed by atoms with Gasteiger partial charge in [0.15, 0.2) is 13.2 Å². The van der Waals surface area contributed by atoms with Crippen LogP contribution in [0.5, 0.6) is 0 Å². The number of methoxy groups -OCH3 is 4. The number of ketones is 2. The Hall–Kier alpha value is -2.85. The zero-order valence-corrected chi connectivity index (χ0v) is 45.4. The van der Waals surface area contributed by atoms with E-state index in [0.29, 0.717) is 63.4 Å². The molecule has 2 saturated heterocycles. The third-order valence-electron chi connectivity index (χ3n) is 15.3. The molecule has 0 aromatic rings. The third kappa shape index (κ3) is 16.3. The number of rotatable bonds is 9. The Bertz CT molecular complexity index is 1910. The van der Waals surface area contributed by atoms with Crippen LogP contribution in [0.3, 0.4) is 0 Å². The maximum atomic E-state index is 14.6. The molecule has 1 aliphatic carbocycles. The predicted molar refractivity (Wildman–Crippen MR) is 269 cm³/mol. The van der Waals surface area contributed by atoms with Gasteiger partial charge >= 0.3 is 5.97 Å². The van der Waals surface area contributed by atoms with Crippen molar-refractivity contribution in [2.24, 2.45) is 35.5 Å². The van der Waals surface area contributed by atoms with Gasteiger partial charge in [-0.25, -0.2) is 4.79 Å². The van der Waals surface area contributed by atoms with Gasteiger partial charge in [0.05, 0.1) is 30.5 Å². The third-order valence-corrected chi connectivity index (χ3v) is 16.0. The topological polar surface area (TPSA) is 194 Å². The van der Waals surface area contributed by atoms with Gasteiger partial charge in [-0.15, -0.1) is 0 Å². The Balaban J connectivity index is 1.72. The highest BCUT2D eigenvalue weighted by Crippen LogP contribution is 2.45. The summed E-state index contributed by atoms with van der Waals surface area (Å²) in [5.41, 5.74) is 1.59. The predicted octanol–water partition coefficient (Wildman–Crippen LogP) is 8.19. The molecule has 0 aromatic carbocycles. The molecule has 4 rings (SSSR count). The minimum Gasteiger partial charge on any atom is -0.460 e. The monoisotopic (exact) mass is 1010 g/mol. The quantitative estimate of drug-likeness (QED) is 0.0972. The van der Waals surface area contributed by atoms with Crippen molar-refractivity contribution in [1.29, 1.82) is 0 Å². The number of hydrogen-bond donors (Lipinski definition) is 2. The van der Waals surface area contributed by atoms with E-state index in [1.54, 1.807) is 34.5 Å². The number of piperidine rings is 1. The standard InChI is InChI=1S/C54H88NO14P/c1-33-19-15-14-16-20-34(2)45(63-8)31-41-24-22-39(7)54(61,68-41)51(58)52(59)55-26-18-17-21-42(55)53(60)67-46(36(4)29-40-23-25-44(47(30-40)64-9)69-70(12,13)62)32-43(56)35(3)28-38(6)49(65-10)50(66-11)48(57)37(5)27-33/h14-16,19-20,28,33,35-37,39-47,49-50,56,61H,17-18,21-27,29-32H2,1-13H3/b16-14?,19-15+,34-20?,38-28+/t33-,35-,36-,37-,39-,40+,41+,42+,43?,44-,45+,46+,47-,49-,50+,54-/m1/s1. The molecule has 15 nitrogen and oxygen atoms in total. The molecular formula is C54H88NO14P. The molecule has 0 spiro atoms. The lowest BCUT2D eigenvalue weighted by molar-refractivity contribution is -0.265. The average molecular weight is 1010 g/mol. The van der Waals surface area contributed by atoms with Gasteiger partial charge in [-0.1, -0.05) is 71.1 Å². The van der Waals surface area contributed by atoms with E-state index in [1.165, 1.54) is 19.1 Å². The summed E-state index contributed by atoms with van der Waals surface area (Å²) in [6.07, 6.45) is 12.5. The van der Waals surface area contributed by atoms with Crippen LogP contribution >= 0.6 is 7.37 Å². The normalized spacial score (nSPS) is 38.5. The van der Waals surface area contributed by atoms with Crippen LogP contribution in [0.1, 0.15) is 126 Å². The zero-order chi connectivity index (χ0) is 52.1. The first-order valence-electron chi connectivity index (χ1n) is 25.7. The van der Waals surface area contributed by atoms with Crippen LogP contribution in [0.25, 0.3) is 0 Å². The van der Waals surface area contributed by atoms with Crippen molar-refractivity contribution in [1.82, 2.24) is 4.90 Å². The molecular weight excluding hydrogens is 918 g/mol. The molecule has 3 heterocycles. The number of hydrogen-bond acceptors (Lipinski definition) is 14. The summed E-state index contributed by atoms with van der Waals surface area (Å²) in [5.74, 6) is -6.95. The van der Waals surface area contributed by atoms with Crippen molar-refractivity contribution in [3.05, 3.63) is 47.6 Å². The molecule has 3 fully saturated rings. The SMILES string of the molecule is CO[C@H]1C[C@@H]2CC[C@@H](C)[C@@](O)(O2)C(=O)C(=O)N2CCCC[C@H]2C(=O)O[C@H]([C@H](C)C[C@@H]2CC[C@@H](OP(C)(C)=O)[C@H](OC)C2)CC(O)[C@H](C)/C=C(\C)[C@@H](OC)[C@@H](OC)C(=O)[C@H](C)C[C@H](C)/C=C/C=CC=C1C. The number of cyclic esters (lactones) is 1. The molecule has 2 bridgehead atoms. The number of Topliss-reactive ketones (excluding diaryl/α,β-unsaturated/α-hetero) is 2. The van der Waals surface area contributed by atoms with Crippen molar-refractivity contribution in [3.63, 3.8) is 0 Å². The number of esters is 1. The Morgan fingerprint density at radius 2 is 1.51 bits per heavy atom. The van der Waals surface area contributed by atoms with E-state index >= 15 is 0 Å². The van der Waals surface area contributed by atoms with Crippen LogP contribution in [0, 0.1) is 35.5 Å². The number of allylic oxidation sites excluding steroid dienone is 5. The summed E-state index contributed by atoms with van der Waals surface area (Å²) in [6, 6.07) is -1.11. The maximum absolute atomic E-state index is 14.6. The molecule has 70 heavy (non-hydrogen) atoms. The number of amides is 1. The van der Waals surface area contributed by atoms with Crippen molar-refractivity contribution < 1.29 is 66.9 Å². The number of nitrogens with zero attached hydrogens (tertiary/aromatic N) is 1. The molecule has 2 N–H and O–H groups in total. The van der Waals surface area contributed by atoms with Gasteiger partial charge in [-0.3, -0.25) is 18.9 Å². The fourth-order valence-corrected chi connectivity index (χ4v) is 11.9. The number of carbonyl (C=O) groups is 4. The van der Waals surface area contributed by atoms with E-state index in [1.807, 2.05) is 71.1 Å². The molecule has 1 unspecified atom stereocenters. The second-order valence-corrected chi connectivity index (χ2v) is 24.0. The molecule has 16 atom stereocenters. The summed E-state index contributed by atoms with van der Waals surface area (Å²) < 4.78 is 54.6. The molecule has 3 aliphatic heterocycles. The van der Waals surface area contributed by atoms with E-state index in [9.17, 15) is 34.0 Å². The Morgan fingerprint density at radius 3 is 2.16 bits per heavy atom. The van der Waals surface area contributed by atoms with E-state index in [4.69, 9.17) is 32.9 Å². The van der Waals surface area contributed by atoms with Crippen LogP contribution in [0.15, 0.2) is 47.6 Å². The summed E-state index contributed by atoms with van der Waals surface area (Å²) >= 11 is 0. The van der Waals surface area contributed by atoms with Gasteiger partial charge in [0.1, 0.15) is 24.4 Å². The Labute approximate surface area is 418 Å². The lowest BCUT2D eigenvalue weighted by Gasteiger charge is -2.43. The van der Waals surface area contributed by atoms with Gasteiger partial charge in [0.2, 0.25) is 5.79 Å². The van der Waals surface area contributed by atoms with E-state index in [2.05, 4.69) is 6.92 Å². The lowest BCUT2D eigenvalue weighted by atomic mass is 9.78. The highest BCUT2D eigenvalue weighted by Gasteiger charge is 2.53. The molecule has 398 valence electrons. The number of ether oxygens (including phenoxy) is 6. The van der Waals surface area contributed by atoms with Gasteiger partial charge in [-0.05, 0) is 107 Å². The number of aliphatic hydroxyl groups is 2. The molecule has 1 saturated carbocycles. The molecule has 0 radical (unpaired) electrons. The van der Waals surface area contributed by atoms with Crippen molar-refractivity contribution in [2.45, 2.75) is 186 Å². The molecule has 16 heteroatoms. The highest BCUT2D eigenvalue weighted by molar-refractivity contribution is 7.57. The molecule has 4 aliphatic rings. The second kappa shape index (κ2) is 27.4. The lowest BCUT2D eigenvalue weighted by Crippen LogP contribution is -2.61. The number of carbonyl (C=O) groups excluding carboxylic acids is 4. The number of fused-ring (bicyclic) bond motifs is 3. The van der Waals surface area contributed by atoms with Crippen molar-refractivity contribution >= 4 is 30.8 Å². The van der Waals surface area contributed by atoms with Gasteiger partial charge in [0.25, 0.3) is 11.7 Å². The van der Waals surface area contributed by atoms with Gasteiger partial charge < -0.3 is 48.1 Å².